The molecule has 0 N–H and O–H groups in total. The van der Waals surface area contributed by atoms with Gasteiger partial charge in [0.1, 0.15) is 5.76 Å². The molecular formula is C27H24N4O4. The molecule has 2 aliphatic heterocycles. The maximum Gasteiger partial charge on any atom is 0.261 e. The van der Waals surface area contributed by atoms with E-state index in [4.69, 9.17) is 9.68 Å². The summed E-state index contributed by atoms with van der Waals surface area (Å²) in [4.78, 5) is 44.2. The van der Waals surface area contributed by atoms with Crippen molar-refractivity contribution in [3.8, 4) is 6.07 Å². The van der Waals surface area contributed by atoms with Crippen LogP contribution in [0.2, 0.25) is 0 Å². The van der Waals surface area contributed by atoms with Crippen molar-refractivity contribution < 1.29 is 18.8 Å². The highest BCUT2D eigenvalue weighted by Crippen LogP contribution is 2.26. The van der Waals surface area contributed by atoms with Gasteiger partial charge in [0.2, 0.25) is 0 Å². The maximum atomic E-state index is 13.3. The number of nitrogens with zero attached hydrogens (tertiary/aromatic N) is 4. The molecule has 0 atom stereocenters. The molecule has 176 valence electrons. The first-order valence-corrected chi connectivity index (χ1v) is 11.6. The highest BCUT2D eigenvalue weighted by atomic mass is 16.3. The van der Waals surface area contributed by atoms with Gasteiger partial charge >= 0.3 is 0 Å². The maximum absolute atomic E-state index is 13.3. The van der Waals surface area contributed by atoms with Crippen LogP contribution in [0.15, 0.2) is 65.3 Å². The number of amides is 3. The standard InChI is InChI=1S/C27H24N4O4/c28-16-19-4-6-20(7-5-19)17-29-10-2-11-30(13-12-29)25(32)21-8-9-23-24(15-21)27(34)31(26(23)33)18-22-3-1-14-35-22/h1,3-9,14-15H,2,10-13,17-18H2. The quantitative estimate of drug-likeness (QED) is 0.533. The Kier molecular flexibility index (Phi) is 6.17. The van der Waals surface area contributed by atoms with E-state index in [0.717, 1.165) is 36.5 Å². The Bertz CT molecular complexity index is 1310. The van der Waals surface area contributed by atoms with Gasteiger partial charge in [-0.25, -0.2) is 0 Å². The minimum atomic E-state index is -0.416. The van der Waals surface area contributed by atoms with Crippen LogP contribution < -0.4 is 0 Å². The molecule has 8 nitrogen and oxygen atoms in total. The minimum Gasteiger partial charge on any atom is -0.467 e. The molecule has 1 saturated heterocycles. The smallest absolute Gasteiger partial charge is 0.261 e. The van der Waals surface area contributed by atoms with E-state index in [0.29, 0.717) is 35.5 Å². The lowest BCUT2D eigenvalue weighted by molar-refractivity contribution is 0.0631. The molecule has 1 fully saturated rings. The molecule has 0 spiro atoms. The topological polar surface area (TPSA) is 97.9 Å². The number of benzene rings is 2. The van der Waals surface area contributed by atoms with Crippen LogP contribution in [-0.2, 0) is 13.1 Å². The van der Waals surface area contributed by atoms with Crippen molar-refractivity contribution in [1.82, 2.24) is 14.7 Å². The molecular weight excluding hydrogens is 444 g/mol. The molecule has 0 radical (unpaired) electrons. The van der Waals surface area contributed by atoms with Gasteiger partial charge in [-0.1, -0.05) is 12.1 Å². The fourth-order valence-electron chi connectivity index (χ4n) is 4.58. The van der Waals surface area contributed by atoms with Crippen LogP contribution in [0.4, 0.5) is 0 Å². The van der Waals surface area contributed by atoms with E-state index in [1.165, 1.54) is 6.26 Å². The molecule has 0 saturated carbocycles. The summed E-state index contributed by atoms with van der Waals surface area (Å²) in [6.07, 6.45) is 2.33. The normalized spacial score (nSPS) is 16.2. The summed E-state index contributed by atoms with van der Waals surface area (Å²) in [6.45, 7) is 3.60. The van der Waals surface area contributed by atoms with Gasteiger partial charge in [-0.15, -0.1) is 0 Å². The van der Waals surface area contributed by atoms with E-state index < -0.39 is 5.91 Å². The lowest BCUT2D eigenvalue weighted by Gasteiger charge is -2.22. The van der Waals surface area contributed by atoms with E-state index in [-0.39, 0.29) is 23.9 Å². The minimum absolute atomic E-state index is 0.0594. The number of furan rings is 1. The first-order valence-electron chi connectivity index (χ1n) is 11.6. The van der Waals surface area contributed by atoms with Gasteiger partial charge in [-0.3, -0.25) is 24.2 Å². The second kappa shape index (κ2) is 9.57. The monoisotopic (exact) mass is 468 g/mol. The number of imide groups is 1. The van der Waals surface area contributed by atoms with E-state index >= 15 is 0 Å². The first kappa shape index (κ1) is 22.6. The summed E-state index contributed by atoms with van der Waals surface area (Å²) in [5.74, 6) is -0.419. The summed E-state index contributed by atoms with van der Waals surface area (Å²) in [5.41, 5.74) is 2.74. The average molecular weight is 469 g/mol. The molecule has 3 heterocycles. The first-order chi connectivity index (χ1) is 17.0. The molecule has 1 aromatic heterocycles. The molecule has 0 unspecified atom stereocenters. The lowest BCUT2D eigenvalue weighted by atomic mass is 10.0. The van der Waals surface area contributed by atoms with Crippen LogP contribution in [0.1, 0.15) is 54.4 Å². The molecule has 0 bridgehead atoms. The van der Waals surface area contributed by atoms with Crippen LogP contribution in [0.3, 0.4) is 0 Å². The number of hydrogen-bond donors (Lipinski definition) is 0. The number of carbonyl (C=O) groups is 3. The van der Waals surface area contributed by atoms with Crippen molar-refractivity contribution >= 4 is 17.7 Å². The Labute approximate surface area is 202 Å². The number of hydrogen-bond acceptors (Lipinski definition) is 6. The predicted molar refractivity (Wildman–Crippen MR) is 126 cm³/mol. The Balaban J connectivity index is 1.25. The van der Waals surface area contributed by atoms with Gasteiger partial charge in [0.25, 0.3) is 17.7 Å². The molecule has 0 aliphatic carbocycles. The van der Waals surface area contributed by atoms with Crippen molar-refractivity contribution in [1.29, 1.82) is 5.26 Å². The van der Waals surface area contributed by atoms with Gasteiger partial charge in [-0.05, 0) is 54.4 Å². The largest absolute Gasteiger partial charge is 0.467 e. The third-order valence-corrected chi connectivity index (χ3v) is 6.48. The SMILES string of the molecule is N#Cc1ccc(CN2CCCN(C(=O)c3ccc4c(c3)C(=O)N(Cc3ccco3)C4=O)CC2)cc1. The summed E-state index contributed by atoms with van der Waals surface area (Å²) in [6, 6.07) is 17.8. The van der Waals surface area contributed by atoms with Crippen LogP contribution in [0.5, 0.6) is 0 Å². The van der Waals surface area contributed by atoms with Crippen LogP contribution in [0.25, 0.3) is 0 Å². The summed E-state index contributed by atoms with van der Waals surface area (Å²) in [5, 5.41) is 8.97. The molecule has 35 heavy (non-hydrogen) atoms. The van der Waals surface area contributed by atoms with Gasteiger partial charge < -0.3 is 9.32 Å². The average Bonchev–Trinajstić information content (AvgIpc) is 3.40. The van der Waals surface area contributed by atoms with Crippen molar-refractivity contribution in [3.63, 3.8) is 0 Å². The third kappa shape index (κ3) is 4.59. The van der Waals surface area contributed by atoms with Gasteiger partial charge in [-0.2, -0.15) is 5.26 Å². The zero-order chi connectivity index (χ0) is 24.4. The number of rotatable bonds is 5. The van der Waals surface area contributed by atoms with Crippen molar-refractivity contribution in [2.45, 2.75) is 19.5 Å². The number of nitriles is 1. The molecule has 2 aliphatic rings. The molecule has 8 heteroatoms. The molecule has 3 amide bonds. The Morgan fingerprint density at radius 3 is 2.46 bits per heavy atom. The predicted octanol–water partition coefficient (Wildman–Crippen LogP) is 3.30. The van der Waals surface area contributed by atoms with Crippen molar-refractivity contribution in [3.05, 3.63) is 94.4 Å². The fourth-order valence-corrected chi connectivity index (χ4v) is 4.58. The molecule has 3 aromatic rings. The summed E-state index contributed by atoms with van der Waals surface area (Å²) < 4.78 is 5.28. The highest BCUT2D eigenvalue weighted by molar-refractivity contribution is 6.22. The second-order valence-corrected chi connectivity index (χ2v) is 8.77. The number of fused-ring (bicyclic) bond motifs is 1. The third-order valence-electron chi connectivity index (χ3n) is 6.48. The molecule has 5 rings (SSSR count). The lowest BCUT2D eigenvalue weighted by Crippen LogP contribution is -2.35. The van der Waals surface area contributed by atoms with Gasteiger partial charge in [0.15, 0.2) is 0 Å². The van der Waals surface area contributed by atoms with Crippen molar-refractivity contribution in [2.24, 2.45) is 0 Å². The Hall–Kier alpha value is -4.22. The zero-order valence-electron chi connectivity index (χ0n) is 19.1. The Morgan fingerprint density at radius 1 is 0.914 bits per heavy atom. The molecule has 2 aromatic carbocycles. The highest BCUT2D eigenvalue weighted by Gasteiger charge is 2.36. The summed E-state index contributed by atoms with van der Waals surface area (Å²) in [7, 11) is 0. The van der Waals surface area contributed by atoms with Gasteiger partial charge in [0.05, 0.1) is 35.6 Å². The fraction of sp³-hybridized carbons (Fsp3) is 0.259. The van der Waals surface area contributed by atoms with Crippen molar-refractivity contribution in [2.75, 3.05) is 26.2 Å². The van der Waals surface area contributed by atoms with Crippen LogP contribution >= 0.6 is 0 Å². The zero-order valence-corrected chi connectivity index (χ0v) is 19.1. The summed E-state index contributed by atoms with van der Waals surface area (Å²) >= 11 is 0. The second-order valence-electron chi connectivity index (χ2n) is 8.77. The van der Waals surface area contributed by atoms with Crippen LogP contribution in [0, 0.1) is 11.3 Å². The van der Waals surface area contributed by atoms with E-state index in [1.54, 1.807) is 30.3 Å². The van der Waals surface area contributed by atoms with E-state index in [2.05, 4.69) is 11.0 Å². The van der Waals surface area contributed by atoms with E-state index in [9.17, 15) is 14.4 Å². The Morgan fingerprint density at radius 2 is 1.71 bits per heavy atom. The van der Waals surface area contributed by atoms with Gasteiger partial charge in [0, 0.05) is 38.3 Å². The van der Waals surface area contributed by atoms with E-state index in [1.807, 2.05) is 29.2 Å². The van der Waals surface area contributed by atoms with Crippen LogP contribution in [-0.4, -0.2) is 58.6 Å². The number of carbonyl (C=O) groups excluding carboxylic acids is 3.